The van der Waals surface area contributed by atoms with Crippen LogP contribution in [0, 0.1) is 18.3 Å². The normalized spacial score (nSPS) is 10.9. The fourth-order valence-electron chi connectivity index (χ4n) is 3.03. The van der Waals surface area contributed by atoms with Crippen molar-refractivity contribution in [2.45, 2.75) is 13.5 Å². The van der Waals surface area contributed by atoms with E-state index >= 15 is 0 Å². The van der Waals surface area contributed by atoms with Crippen molar-refractivity contribution in [3.63, 3.8) is 0 Å². The first kappa shape index (κ1) is 15.7. The Morgan fingerprint density at radius 2 is 2.08 bits per heavy atom. The van der Waals surface area contributed by atoms with Crippen LogP contribution in [-0.2, 0) is 6.54 Å². The van der Waals surface area contributed by atoms with Crippen molar-refractivity contribution in [1.82, 2.24) is 14.4 Å². The van der Waals surface area contributed by atoms with Crippen molar-refractivity contribution < 1.29 is 4.57 Å². The number of hydrogen-bond acceptors (Lipinski definition) is 5. The molecule has 0 spiro atoms. The zero-order valence-corrected chi connectivity index (χ0v) is 14.0. The summed E-state index contributed by atoms with van der Waals surface area (Å²) in [4.78, 5) is 21.7. The van der Waals surface area contributed by atoms with Gasteiger partial charge in [0.25, 0.3) is 11.2 Å². The second-order valence-corrected chi connectivity index (χ2v) is 6.04. The van der Waals surface area contributed by atoms with Crippen LogP contribution in [0.3, 0.4) is 0 Å². The third-order valence-electron chi connectivity index (χ3n) is 4.39. The van der Waals surface area contributed by atoms with Gasteiger partial charge in [0, 0.05) is 24.2 Å². The van der Waals surface area contributed by atoms with Crippen molar-refractivity contribution in [3.05, 3.63) is 76.0 Å². The molecule has 4 aromatic heterocycles. The Labute approximate surface area is 148 Å². The monoisotopic (exact) mass is 343 g/mol. The number of nitriles is 1. The van der Waals surface area contributed by atoms with E-state index in [1.54, 1.807) is 29.2 Å². The van der Waals surface area contributed by atoms with E-state index in [1.165, 1.54) is 10.5 Å². The van der Waals surface area contributed by atoms with Gasteiger partial charge < -0.3 is 5.73 Å². The van der Waals surface area contributed by atoms with E-state index in [9.17, 15) is 10.1 Å². The molecule has 2 N–H and O–H groups in total. The van der Waals surface area contributed by atoms with Gasteiger partial charge in [0.15, 0.2) is 0 Å². The molecule has 4 heterocycles. The number of fused-ring (bicyclic) bond motifs is 2. The molecule has 126 valence electrons. The van der Waals surface area contributed by atoms with Gasteiger partial charge in [0.05, 0.1) is 6.54 Å². The molecular formula is C19H15N6O+. The van der Waals surface area contributed by atoms with E-state index < -0.39 is 0 Å². The largest absolute Gasteiger partial charge is 0.317 e. The summed E-state index contributed by atoms with van der Waals surface area (Å²) < 4.78 is 3.20. The lowest BCUT2D eigenvalue weighted by atomic mass is 10.2. The predicted molar refractivity (Wildman–Crippen MR) is 96.4 cm³/mol. The summed E-state index contributed by atoms with van der Waals surface area (Å²) in [6, 6.07) is 11.0. The molecule has 0 atom stereocenters. The first-order valence-electron chi connectivity index (χ1n) is 8.03. The fourth-order valence-corrected chi connectivity index (χ4v) is 3.03. The van der Waals surface area contributed by atoms with Crippen LogP contribution in [0.4, 0.5) is 5.82 Å². The molecule has 0 aliphatic rings. The highest BCUT2D eigenvalue weighted by Gasteiger charge is 2.21. The van der Waals surface area contributed by atoms with Crippen LogP contribution in [0.5, 0.6) is 0 Å². The maximum atomic E-state index is 13.0. The Morgan fingerprint density at radius 3 is 2.81 bits per heavy atom. The van der Waals surface area contributed by atoms with E-state index in [1.807, 2.05) is 25.1 Å². The van der Waals surface area contributed by atoms with Crippen LogP contribution in [0.15, 0.2) is 53.7 Å². The first-order chi connectivity index (χ1) is 12.6. The molecule has 0 amide bonds. The lowest BCUT2D eigenvalue weighted by Crippen LogP contribution is -2.41. The molecule has 4 rings (SSSR count). The Hall–Kier alpha value is -3.79. The van der Waals surface area contributed by atoms with Gasteiger partial charge in [-0.15, -0.1) is 0 Å². The number of nitrogens with zero attached hydrogens (tertiary/aromatic N) is 5. The molecular weight excluding hydrogens is 328 g/mol. The van der Waals surface area contributed by atoms with Crippen molar-refractivity contribution in [2.24, 2.45) is 0 Å². The van der Waals surface area contributed by atoms with E-state index in [0.29, 0.717) is 23.2 Å². The summed E-state index contributed by atoms with van der Waals surface area (Å²) in [5.74, 6) is 0.279. The Kier molecular flexibility index (Phi) is 3.59. The molecule has 7 nitrogen and oxygen atoms in total. The maximum absolute atomic E-state index is 13.0. The molecule has 0 saturated carbocycles. The maximum Gasteiger partial charge on any atom is 0.278 e. The molecule has 0 fully saturated rings. The van der Waals surface area contributed by atoms with Gasteiger partial charge in [0.1, 0.15) is 17.0 Å². The lowest BCUT2D eigenvalue weighted by Gasteiger charge is -2.10. The third kappa shape index (κ3) is 2.36. The van der Waals surface area contributed by atoms with Crippen LogP contribution in [0.1, 0.15) is 16.7 Å². The minimum absolute atomic E-state index is 0.228. The van der Waals surface area contributed by atoms with E-state index in [2.05, 4.69) is 11.1 Å². The second-order valence-electron chi connectivity index (χ2n) is 6.04. The topological polar surface area (TPSA) is 101 Å². The van der Waals surface area contributed by atoms with Crippen molar-refractivity contribution in [1.29, 1.82) is 5.26 Å². The molecule has 0 aliphatic carbocycles. The van der Waals surface area contributed by atoms with Gasteiger partial charge in [-0.25, -0.2) is 4.57 Å². The number of anilines is 1. The molecule has 4 aromatic rings. The first-order valence-corrected chi connectivity index (χ1v) is 8.03. The van der Waals surface area contributed by atoms with Crippen LogP contribution < -0.4 is 15.9 Å². The number of aromatic nitrogens is 4. The standard InChI is InChI=1S/C19H14N6O/c1-12-3-2-8-24-17(12)23-18-15(19(24)26)9-14(10-20)16(21)25(18)11-13-4-6-22-7-5-13/h2-9,21H,11H2,1H3/p+1. The average Bonchev–Trinajstić information content (AvgIpc) is 2.66. The average molecular weight is 343 g/mol. The van der Waals surface area contributed by atoms with E-state index in [0.717, 1.165) is 11.1 Å². The SMILES string of the molecule is Cc1cccn2c(=O)c3cc(C#N)c(N)[n+](Cc4ccncc4)c3nc12. The van der Waals surface area contributed by atoms with Gasteiger partial charge in [-0.05, 0) is 36.8 Å². The molecule has 26 heavy (non-hydrogen) atoms. The molecule has 0 radical (unpaired) electrons. The van der Waals surface area contributed by atoms with E-state index in [-0.39, 0.29) is 16.9 Å². The molecule has 0 aliphatic heterocycles. The Bertz CT molecular complexity index is 1250. The van der Waals surface area contributed by atoms with Gasteiger partial charge in [0.2, 0.25) is 11.5 Å². The molecule has 7 heteroatoms. The van der Waals surface area contributed by atoms with Gasteiger partial charge in [-0.1, -0.05) is 11.1 Å². The van der Waals surface area contributed by atoms with E-state index in [4.69, 9.17) is 10.7 Å². The Balaban J connectivity index is 2.13. The minimum atomic E-state index is -0.228. The smallest absolute Gasteiger partial charge is 0.278 e. The van der Waals surface area contributed by atoms with Crippen LogP contribution in [0.25, 0.3) is 16.7 Å². The summed E-state index contributed by atoms with van der Waals surface area (Å²) in [6.07, 6.45) is 5.04. The summed E-state index contributed by atoms with van der Waals surface area (Å²) >= 11 is 0. The van der Waals surface area contributed by atoms with Crippen LogP contribution in [0.2, 0.25) is 0 Å². The number of aryl methyl sites for hydroxylation is 1. The number of pyridine rings is 3. The molecule has 0 aromatic carbocycles. The van der Waals surface area contributed by atoms with Crippen molar-refractivity contribution in [3.8, 4) is 6.07 Å². The number of nitrogen functional groups attached to an aromatic ring is 1. The third-order valence-corrected chi connectivity index (χ3v) is 4.39. The summed E-state index contributed by atoms with van der Waals surface area (Å²) in [5, 5.41) is 9.79. The van der Waals surface area contributed by atoms with Gasteiger partial charge in [-0.3, -0.25) is 14.2 Å². The predicted octanol–water partition coefficient (Wildman–Crippen LogP) is 1.34. The number of nitrogens with two attached hydrogens (primary N) is 1. The molecule has 0 saturated heterocycles. The fraction of sp³-hybridized carbons (Fsp3) is 0.105. The second kappa shape index (κ2) is 5.93. The summed E-state index contributed by atoms with van der Waals surface area (Å²) in [6.45, 7) is 2.28. The zero-order chi connectivity index (χ0) is 18.3. The minimum Gasteiger partial charge on any atom is -0.317 e. The quantitative estimate of drug-likeness (QED) is 0.437. The van der Waals surface area contributed by atoms with Crippen molar-refractivity contribution >= 4 is 22.5 Å². The van der Waals surface area contributed by atoms with Gasteiger partial charge >= 0.3 is 0 Å². The highest BCUT2D eigenvalue weighted by atomic mass is 16.1. The van der Waals surface area contributed by atoms with Crippen molar-refractivity contribution in [2.75, 3.05) is 5.73 Å². The Morgan fingerprint density at radius 1 is 1.31 bits per heavy atom. The zero-order valence-electron chi connectivity index (χ0n) is 14.0. The number of hydrogen-bond donors (Lipinski definition) is 1. The van der Waals surface area contributed by atoms with Crippen LogP contribution >= 0.6 is 0 Å². The van der Waals surface area contributed by atoms with Gasteiger partial charge in [-0.2, -0.15) is 5.26 Å². The lowest BCUT2D eigenvalue weighted by molar-refractivity contribution is -0.649. The highest BCUT2D eigenvalue weighted by Crippen LogP contribution is 2.15. The summed E-state index contributed by atoms with van der Waals surface area (Å²) in [7, 11) is 0. The number of rotatable bonds is 2. The van der Waals surface area contributed by atoms with Crippen LogP contribution in [-0.4, -0.2) is 14.4 Å². The molecule has 0 unspecified atom stereocenters. The highest BCUT2D eigenvalue weighted by molar-refractivity contribution is 5.77. The summed E-state index contributed by atoms with van der Waals surface area (Å²) in [5.41, 5.74) is 9.08. The molecule has 0 bridgehead atoms.